The average Bonchev–Trinajstić information content (AvgIpc) is 2.55. The molecule has 3 heteroatoms. The molecule has 3 unspecified atom stereocenters. The van der Waals surface area contributed by atoms with Gasteiger partial charge < -0.3 is 15.0 Å². The SMILES string of the molecule is CCN1CCCC(C(C)NC2CCOC(CC)(CC)C2)C1. The van der Waals surface area contributed by atoms with E-state index >= 15 is 0 Å². The molecule has 124 valence electrons. The van der Waals surface area contributed by atoms with Gasteiger partial charge in [-0.25, -0.2) is 0 Å². The van der Waals surface area contributed by atoms with Crippen LogP contribution in [0.5, 0.6) is 0 Å². The molecule has 2 saturated heterocycles. The molecule has 0 radical (unpaired) electrons. The van der Waals surface area contributed by atoms with Crippen LogP contribution < -0.4 is 5.32 Å². The van der Waals surface area contributed by atoms with Crippen molar-refractivity contribution in [2.24, 2.45) is 5.92 Å². The molecule has 2 heterocycles. The standard InChI is InChI=1S/C18H36N2O/c1-5-18(6-2)13-17(10-12-21-18)19-15(4)16-9-8-11-20(7-3)14-16/h15-17,19H,5-14H2,1-4H3. The van der Waals surface area contributed by atoms with Gasteiger partial charge in [0.25, 0.3) is 0 Å². The van der Waals surface area contributed by atoms with Crippen molar-refractivity contribution in [2.45, 2.75) is 83.9 Å². The summed E-state index contributed by atoms with van der Waals surface area (Å²) in [4.78, 5) is 2.61. The maximum Gasteiger partial charge on any atom is 0.0692 e. The van der Waals surface area contributed by atoms with Crippen molar-refractivity contribution in [1.29, 1.82) is 0 Å². The molecule has 0 amide bonds. The van der Waals surface area contributed by atoms with E-state index in [-0.39, 0.29) is 5.60 Å². The molecule has 0 spiro atoms. The fourth-order valence-electron chi connectivity index (χ4n) is 4.21. The normalized spacial score (nSPS) is 32.0. The molecule has 3 atom stereocenters. The van der Waals surface area contributed by atoms with Crippen molar-refractivity contribution in [2.75, 3.05) is 26.2 Å². The van der Waals surface area contributed by atoms with Crippen LogP contribution in [0, 0.1) is 5.92 Å². The number of nitrogens with one attached hydrogen (secondary N) is 1. The molecule has 0 bridgehead atoms. The van der Waals surface area contributed by atoms with Gasteiger partial charge in [-0.3, -0.25) is 0 Å². The van der Waals surface area contributed by atoms with Crippen LogP contribution in [-0.2, 0) is 4.74 Å². The predicted octanol–water partition coefficient (Wildman–Crippen LogP) is 3.43. The summed E-state index contributed by atoms with van der Waals surface area (Å²) in [5, 5.41) is 3.95. The molecule has 2 aliphatic heterocycles. The number of likely N-dealkylation sites (tertiary alicyclic amines) is 1. The molecular weight excluding hydrogens is 260 g/mol. The monoisotopic (exact) mass is 296 g/mol. The molecule has 2 aliphatic rings. The van der Waals surface area contributed by atoms with Gasteiger partial charge in [-0.1, -0.05) is 20.8 Å². The number of hydrogen-bond acceptors (Lipinski definition) is 3. The van der Waals surface area contributed by atoms with E-state index in [9.17, 15) is 0 Å². The molecule has 21 heavy (non-hydrogen) atoms. The van der Waals surface area contributed by atoms with Crippen molar-refractivity contribution in [1.82, 2.24) is 10.2 Å². The zero-order valence-corrected chi connectivity index (χ0v) is 14.7. The summed E-state index contributed by atoms with van der Waals surface area (Å²) in [5.74, 6) is 0.819. The fraction of sp³-hybridized carbons (Fsp3) is 1.00. The maximum absolute atomic E-state index is 6.11. The average molecular weight is 296 g/mol. The molecule has 3 nitrogen and oxygen atoms in total. The zero-order chi connectivity index (χ0) is 15.3. The van der Waals surface area contributed by atoms with Crippen LogP contribution in [0.3, 0.4) is 0 Å². The Morgan fingerprint density at radius 2 is 2.00 bits per heavy atom. The highest BCUT2D eigenvalue weighted by molar-refractivity contribution is 4.90. The van der Waals surface area contributed by atoms with Gasteiger partial charge in [-0.05, 0) is 64.5 Å². The lowest BCUT2D eigenvalue weighted by molar-refractivity contribution is -0.0947. The summed E-state index contributed by atoms with van der Waals surface area (Å²) in [6, 6.07) is 1.28. The Balaban J connectivity index is 1.85. The molecule has 1 N–H and O–H groups in total. The van der Waals surface area contributed by atoms with Crippen LogP contribution in [0.25, 0.3) is 0 Å². The number of piperidine rings is 1. The Morgan fingerprint density at radius 3 is 2.67 bits per heavy atom. The second kappa shape index (κ2) is 7.94. The Labute approximate surface area is 131 Å². The van der Waals surface area contributed by atoms with Crippen molar-refractivity contribution < 1.29 is 4.74 Å². The van der Waals surface area contributed by atoms with Gasteiger partial charge in [0.05, 0.1) is 5.60 Å². The zero-order valence-electron chi connectivity index (χ0n) is 14.7. The summed E-state index contributed by atoms with van der Waals surface area (Å²) < 4.78 is 6.11. The highest BCUT2D eigenvalue weighted by Gasteiger charge is 2.35. The predicted molar refractivity (Wildman–Crippen MR) is 89.7 cm³/mol. The minimum Gasteiger partial charge on any atom is -0.375 e. The van der Waals surface area contributed by atoms with Crippen LogP contribution in [0.4, 0.5) is 0 Å². The van der Waals surface area contributed by atoms with E-state index in [0.717, 1.165) is 25.4 Å². The van der Waals surface area contributed by atoms with E-state index < -0.39 is 0 Å². The third-order valence-electron chi connectivity index (χ3n) is 5.98. The molecule has 0 aromatic heterocycles. The molecular formula is C18H36N2O. The first-order valence-corrected chi connectivity index (χ1v) is 9.24. The van der Waals surface area contributed by atoms with E-state index in [1.54, 1.807) is 0 Å². The number of rotatable bonds is 6. The van der Waals surface area contributed by atoms with Gasteiger partial charge in [0, 0.05) is 25.2 Å². The van der Waals surface area contributed by atoms with Crippen molar-refractivity contribution in [3.05, 3.63) is 0 Å². The van der Waals surface area contributed by atoms with Crippen molar-refractivity contribution in [3.63, 3.8) is 0 Å². The van der Waals surface area contributed by atoms with Crippen LogP contribution in [0.15, 0.2) is 0 Å². The van der Waals surface area contributed by atoms with Crippen LogP contribution in [-0.4, -0.2) is 48.8 Å². The molecule has 2 fully saturated rings. The minimum atomic E-state index is 0.137. The number of hydrogen-bond donors (Lipinski definition) is 1. The summed E-state index contributed by atoms with van der Waals surface area (Å²) in [5.41, 5.74) is 0.137. The van der Waals surface area contributed by atoms with Crippen LogP contribution in [0.1, 0.15) is 66.2 Å². The van der Waals surface area contributed by atoms with Gasteiger partial charge in [0.15, 0.2) is 0 Å². The van der Waals surface area contributed by atoms with E-state index in [2.05, 4.69) is 37.9 Å². The van der Waals surface area contributed by atoms with Gasteiger partial charge in [-0.2, -0.15) is 0 Å². The lowest BCUT2D eigenvalue weighted by Crippen LogP contribution is -2.52. The molecule has 2 rings (SSSR count). The lowest BCUT2D eigenvalue weighted by Gasteiger charge is -2.43. The molecule has 0 aromatic carbocycles. The van der Waals surface area contributed by atoms with Gasteiger partial charge in [0.2, 0.25) is 0 Å². The smallest absolute Gasteiger partial charge is 0.0692 e. The summed E-state index contributed by atoms with van der Waals surface area (Å²) in [6.07, 6.45) is 7.41. The largest absolute Gasteiger partial charge is 0.375 e. The third kappa shape index (κ3) is 4.43. The topological polar surface area (TPSA) is 24.5 Å². The lowest BCUT2D eigenvalue weighted by atomic mass is 9.84. The highest BCUT2D eigenvalue weighted by Crippen LogP contribution is 2.32. The highest BCUT2D eigenvalue weighted by atomic mass is 16.5. The van der Waals surface area contributed by atoms with Crippen LogP contribution in [0.2, 0.25) is 0 Å². The summed E-state index contributed by atoms with van der Waals surface area (Å²) in [7, 11) is 0. The Bertz CT molecular complexity index is 304. The Kier molecular flexibility index (Phi) is 6.51. The van der Waals surface area contributed by atoms with Gasteiger partial charge in [0.1, 0.15) is 0 Å². The van der Waals surface area contributed by atoms with E-state index in [4.69, 9.17) is 4.74 Å². The molecule has 0 aliphatic carbocycles. The quantitative estimate of drug-likeness (QED) is 0.812. The number of ether oxygens (including phenoxy) is 1. The summed E-state index contributed by atoms with van der Waals surface area (Å²) >= 11 is 0. The van der Waals surface area contributed by atoms with Gasteiger partial charge >= 0.3 is 0 Å². The first kappa shape index (κ1) is 17.2. The summed E-state index contributed by atoms with van der Waals surface area (Å²) in [6.45, 7) is 13.9. The third-order valence-corrected chi connectivity index (χ3v) is 5.98. The van der Waals surface area contributed by atoms with E-state index in [0.29, 0.717) is 12.1 Å². The first-order valence-electron chi connectivity index (χ1n) is 9.24. The van der Waals surface area contributed by atoms with E-state index in [1.165, 1.54) is 45.3 Å². The molecule has 0 aromatic rings. The van der Waals surface area contributed by atoms with E-state index in [1.807, 2.05) is 0 Å². The second-order valence-electron chi connectivity index (χ2n) is 7.18. The molecule has 0 saturated carbocycles. The number of nitrogens with zero attached hydrogens (tertiary/aromatic N) is 1. The first-order chi connectivity index (χ1) is 10.1. The second-order valence-corrected chi connectivity index (χ2v) is 7.18. The minimum absolute atomic E-state index is 0.137. The van der Waals surface area contributed by atoms with Crippen LogP contribution >= 0.6 is 0 Å². The fourth-order valence-corrected chi connectivity index (χ4v) is 4.21. The Hall–Kier alpha value is -0.120. The Morgan fingerprint density at radius 1 is 1.24 bits per heavy atom. The maximum atomic E-state index is 6.11. The van der Waals surface area contributed by atoms with Gasteiger partial charge in [-0.15, -0.1) is 0 Å². The van der Waals surface area contributed by atoms with Crippen molar-refractivity contribution >= 4 is 0 Å². The van der Waals surface area contributed by atoms with Crippen molar-refractivity contribution in [3.8, 4) is 0 Å².